The van der Waals surface area contributed by atoms with Gasteiger partial charge in [-0.1, -0.05) is 23.7 Å². The van der Waals surface area contributed by atoms with E-state index in [2.05, 4.69) is 25.3 Å². The topological polar surface area (TPSA) is 104 Å². The molecule has 0 saturated carbocycles. The van der Waals surface area contributed by atoms with Crippen LogP contribution in [0.25, 0.3) is 33.4 Å². The summed E-state index contributed by atoms with van der Waals surface area (Å²) >= 11 is 6.64. The van der Waals surface area contributed by atoms with Gasteiger partial charge in [0.05, 0.1) is 37.7 Å². The lowest BCUT2D eigenvalue weighted by molar-refractivity contribution is 0.187. The van der Waals surface area contributed by atoms with E-state index in [1.54, 1.807) is 48.6 Å². The van der Waals surface area contributed by atoms with Gasteiger partial charge in [0.15, 0.2) is 0 Å². The van der Waals surface area contributed by atoms with E-state index in [1.165, 1.54) is 0 Å². The number of pyridine rings is 1. The summed E-state index contributed by atoms with van der Waals surface area (Å²) in [5.41, 5.74) is 2.94. The number of fused-ring (bicyclic) bond motifs is 1. The van der Waals surface area contributed by atoms with Crippen molar-refractivity contribution in [2.45, 2.75) is 19.0 Å². The third-order valence-corrected chi connectivity index (χ3v) is 6.04. The summed E-state index contributed by atoms with van der Waals surface area (Å²) < 4.78 is 12.3. The highest BCUT2D eigenvalue weighted by Gasteiger charge is 2.19. The van der Waals surface area contributed by atoms with Gasteiger partial charge in [0.2, 0.25) is 5.95 Å². The minimum absolute atomic E-state index is 0.155. The van der Waals surface area contributed by atoms with E-state index in [1.807, 2.05) is 12.1 Å². The summed E-state index contributed by atoms with van der Waals surface area (Å²) in [6, 6.07) is 7.43. The van der Waals surface area contributed by atoms with Crippen molar-refractivity contribution in [1.29, 1.82) is 0 Å². The molecule has 0 amide bonds. The normalized spacial score (nSPS) is 15.6. The number of aromatic nitrogens is 5. The number of nitrogens with zero attached hydrogens (tertiary/aromatic N) is 5. The Morgan fingerprint density at radius 1 is 1.21 bits per heavy atom. The van der Waals surface area contributed by atoms with Crippen LogP contribution in [-0.4, -0.2) is 57.5 Å². The van der Waals surface area contributed by atoms with Gasteiger partial charge in [-0.15, -0.1) is 0 Å². The number of nitrogens with one attached hydrogen (secondary N) is 1. The predicted octanol–water partition coefficient (Wildman–Crippen LogP) is 3.42. The lowest BCUT2D eigenvalue weighted by Gasteiger charge is -2.15. The van der Waals surface area contributed by atoms with Gasteiger partial charge in [0.1, 0.15) is 5.65 Å². The molecule has 1 fully saturated rings. The first-order valence-corrected chi connectivity index (χ1v) is 11.3. The Balaban J connectivity index is 1.58. The second-order valence-electron chi connectivity index (χ2n) is 7.97. The zero-order valence-corrected chi connectivity index (χ0v) is 19.3. The molecule has 5 rings (SSSR count). The molecule has 1 atom stereocenters. The molecule has 174 valence electrons. The number of hydrogen-bond donors (Lipinski definition) is 1. The quantitative estimate of drug-likeness (QED) is 0.431. The SMILES string of the molecule is COCCn1c(=O)c(-c2ccc(-c3cnccn3)cc2Cl)cc2cnc(NC3CCOC3)nc21. The number of benzene rings is 1. The van der Waals surface area contributed by atoms with Gasteiger partial charge in [-0.3, -0.25) is 19.3 Å². The Hall–Kier alpha value is -3.40. The van der Waals surface area contributed by atoms with Crippen molar-refractivity contribution in [1.82, 2.24) is 24.5 Å². The van der Waals surface area contributed by atoms with Crippen LogP contribution in [-0.2, 0) is 16.0 Å². The molecule has 1 unspecified atom stereocenters. The van der Waals surface area contributed by atoms with Crippen LogP contribution in [0.5, 0.6) is 0 Å². The molecular formula is C24H23ClN6O3. The monoisotopic (exact) mass is 478 g/mol. The summed E-state index contributed by atoms with van der Waals surface area (Å²) in [6.45, 7) is 2.03. The number of ether oxygens (including phenoxy) is 2. The maximum atomic E-state index is 13.6. The fourth-order valence-electron chi connectivity index (χ4n) is 3.98. The molecule has 1 saturated heterocycles. The van der Waals surface area contributed by atoms with Gasteiger partial charge in [-0.05, 0) is 18.6 Å². The minimum atomic E-state index is -0.201. The van der Waals surface area contributed by atoms with E-state index in [-0.39, 0.29) is 11.6 Å². The second-order valence-corrected chi connectivity index (χ2v) is 8.38. The summed E-state index contributed by atoms with van der Waals surface area (Å²) in [7, 11) is 1.60. The van der Waals surface area contributed by atoms with Crippen LogP contribution in [0.2, 0.25) is 5.02 Å². The van der Waals surface area contributed by atoms with Crippen LogP contribution in [0.1, 0.15) is 6.42 Å². The highest BCUT2D eigenvalue weighted by molar-refractivity contribution is 6.33. The third-order valence-electron chi connectivity index (χ3n) is 5.73. The van der Waals surface area contributed by atoms with Crippen LogP contribution in [0.3, 0.4) is 0 Å². The van der Waals surface area contributed by atoms with E-state index >= 15 is 0 Å². The Kier molecular flexibility index (Phi) is 6.48. The summed E-state index contributed by atoms with van der Waals surface area (Å²) in [6.07, 6.45) is 7.51. The summed E-state index contributed by atoms with van der Waals surface area (Å²) in [5.74, 6) is 0.465. The zero-order chi connectivity index (χ0) is 23.5. The average Bonchev–Trinajstić information content (AvgIpc) is 3.37. The number of methoxy groups -OCH3 is 1. The van der Waals surface area contributed by atoms with Crippen molar-refractivity contribution >= 4 is 28.6 Å². The van der Waals surface area contributed by atoms with Gasteiger partial charge in [-0.25, -0.2) is 4.98 Å². The molecule has 3 aromatic heterocycles. The first-order valence-electron chi connectivity index (χ1n) is 10.9. The van der Waals surface area contributed by atoms with Crippen LogP contribution >= 0.6 is 11.6 Å². The van der Waals surface area contributed by atoms with E-state index in [0.29, 0.717) is 59.8 Å². The summed E-state index contributed by atoms with van der Waals surface area (Å²) in [4.78, 5) is 31.1. The molecule has 4 heterocycles. The van der Waals surface area contributed by atoms with Crippen LogP contribution in [0.4, 0.5) is 5.95 Å². The van der Waals surface area contributed by atoms with Gasteiger partial charge < -0.3 is 14.8 Å². The zero-order valence-electron chi connectivity index (χ0n) is 18.6. The van der Waals surface area contributed by atoms with E-state index in [4.69, 9.17) is 21.1 Å². The molecule has 1 aliphatic heterocycles. The van der Waals surface area contributed by atoms with Crippen molar-refractivity contribution in [3.63, 3.8) is 0 Å². The molecule has 34 heavy (non-hydrogen) atoms. The first-order chi connectivity index (χ1) is 16.6. The summed E-state index contributed by atoms with van der Waals surface area (Å²) in [5, 5.41) is 4.46. The lowest BCUT2D eigenvalue weighted by Crippen LogP contribution is -2.26. The predicted molar refractivity (Wildman–Crippen MR) is 130 cm³/mol. The van der Waals surface area contributed by atoms with Crippen molar-refractivity contribution in [2.75, 3.05) is 32.2 Å². The molecule has 10 heteroatoms. The molecule has 1 N–H and O–H groups in total. The Morgan fingerprint density at radius 2 is 2.12 bits per heavy atom. The Labute approximate surface area is 200 Å². The lowest BCUT2D eigenvalue weighted by atomic mass is 10.0. The highest BCUT2D eigenvalue weighted by Crippen LogP contribution is 2.31. The number of rotatable bonds is 7. The smallest absolute Gasteiger partial charge is 0.260 e. The van der Waals surface area contributed by atoms with Gasteiger partial charge >= 0.3 is 0 Å². The van der Waals surface area contributed by atoms with Gasteiger partial charge in [0.25, 0.3) is 5.56 Å². The molecule has 4 aromatic rings. The largest absolute Gasteiger partial charge is 0.383 e. The van der Waals surface area contributed by atoms with Gasteiger partial charge in [0, 0.05) is 59.4 Å². The number of anilines is 1. The molecule has 0 aliphatic carbocycles. The van der Waals surface area contributed by atoms with Crippen molar-refractivity contribution in [2.24, 2.45) is 0 Å². The van der Waals surface area contributed by atoms with Crippen molar-refractivity contribution in [3.8, 4) is 22.4 Å². The first kappa shape index (κ1) is 22.4. The fraction of sp³-hybridized carbons (Fsp3) is 0.292. The van der Waals surface area contributed by atoms with E-state index in [9.17, 15) is 4.79 Å². The maximum Gasteiger partial charge on any atom is 0.260 e. The second kappa shape index (κ2) is 9.84. The molecular weight excluding hydrogens is 456 g/mol. The van der Waals surface area contributed by atoms with E-state index in [0.717, 1.165) is 17.4 Å². The van der Waals surface area contributed by atoms with E-state index < -0.39 is 0 Å². The number of halogens is 1. The fourth-order valence-corrected chi connectivity index (χ4v) is 4.27. The van der Waals surface area contributed by atoms with Gasteiger partial charge in [-0.2, -0.15) is 4.98 Å². The third kappa shape index (κ3) is 4.50. The molecule has 0 spiro atoms. The van der Waals surface area contributed by atoms with Crippen molar-refractivity contribution < 1.29 is 9.47 Å². The Bertz CT molecular complexity index is 1370. The molecule has 0 radical (unpaired) electrons. The minimum Gasteiger partial charge on any atom is -0.383 e. The molecule has 1 aliphatic rings. The molecule has 9 nitrogen and oxygen atoms in total. The maximum absolute atomic E-state index is 13.6. The highest BCUT2D eigenvalue weighted by atomic mass is 35.5. The van der Waals surface area contributed by atoms with Crippen LogP contribution < -0.4 is 10.9 Å². The van der Waals surface area contributed by atoms with Crippen LogP contribution in [0, 0.1) is 0 Å². The van der Waals surface area contributed by atoms with Crippen LogP contribution in [0.15, 0.2) is 53.8 Å². The molecule has 1 aromatic carbocycles. The average molecular weight is 479 g/mol. The standard InChI is InChI=1S/C24H23ClN6O3/c1-33-9-7-31-22-16(12-28-24(30-22)29-17-4-8-34-14-17)10-19(23(31)32)18-3-2-15(11-20(18)25)21-13-26-5-6-27-21/h2-3,5-6,10-13,17H,4,7-9,14H2,1H3,(H,28,29,30). The molecule has 0 bridgehead atoms. The Morgan fingerprint density at radius 3 is 2.85 bits per heavy atom. The number of hydrogen-bond acceptors (Lipinski definition) is 8. The van der Waals surface area contributed by atoms with Crippen molar-refractivity contribution in [3.05, 3.63) is 64.4 Å².